The molecule has 1 aliphatic heterocycles. The zero-order valence-electron chi connectivity index (χ0n) is 11.1. The van der Waals surface area contributed by atoms with Crippen molar-refractivity contribution in [1.82, 2.24) is 4.31 Å². The topological polar surface area (TPSA) is 107 Å². The summed E-state index contributed by atoms with van der Waals surface area (Å²) in [6.45, 7) is 2.50. The van der Waals surface area contributed by atoms with Gasteiger partial charge in [-0.2, -0.15) is 4.31 Å². The summed E-state index contributed by atoms with van der Waals surface area (Å²) < 4.78 is 26.3. The molecule has 2 unspecified atom stereocenters. The second-order valence-corrected chi connectivity index (χ2v) is 6.90. The molecule has 0 amide bonds. The Kier molecular flexibility index (Phi) is 4.07. The molecule has 1 fully saturated rings. The van der Waals surface area contributed by atoms with Crippen molar-refractivity contribution < 1.29 is 13.3 Å². The molecule has 20 heavy (non-hydrogen) atoms. The normalized spacial score (nSPS) is 21.8. The fraction of sp³-hybridized carbons (Fsp3) is 0.500. The molecule has 1 aliphatic rings. The molecular weight excluding hydrogens is 282 g/mol. The Bertz CT molecular complexity index is 615. The second kappa shape index (κ2) is 5.47. The summed E-state index contributed by atoms with van der Waals surface area (Å²) in [5.41, 5.74) is 5.40. The fourth-order valence-corrected chi connectivity index (χ4v) is 4.04. The summed E-state index contributed by atoms with van der Waals surface area (Å²) >= 11 is 0. The molecule has 1 saturated heterocycles. The third kappa shape index (κ3) is 2.67. The van der Waals surface area contributed by atoms with Gasteiger partial charge in [0.05, 0.1) is 4.92 Å². The van der Waals surface area contributed by atoms with Gasteiger partial charge >= 0.3 is 0 Å². The Morgan fingerprint density at radius 3 is 2.65 bits per heavy atom. The summed E-state index contributed by atoms with van der Waals surface area (Å²) in [5.74, 6) is 0.0903. The van der Waals surface area contributed by atoms with Crippen molar-refractivity contribution in [2.75, 3.05) is 13.1 Å². The highest BCUT2D eigenvalue weighted by Gasteiger charge is 2.37. The van der Waals surface area contributed by atoms with Gasteiger partial charge in [0.25, 0.3) is 5.69 Å². The molecule has 0 radical (unpaired) electrons. The number of nitrogens with two attached hydrogens (primary N) is 1. The van der Waals surface area contributed by atoms with E-state index >= 15 is 0 Å². The number of nitro benzene ring substituents is 1. The van der Waals surface area contributed by atoms with Crippen LogP contribution in [0.15, 0.2) is 29.2 Å². The SMILES string of the molecule is CC(N)C1CCN(S(=O)(=O)c2ccccc2[N+](=O)[O-])C1. The van der Waals surface area contributed by atoms with Crippen LogP contribution in [0.1, 0.15) is 13.3 Å². The van der Waals surface area contributed by atoms with Gasteiger partial charge in [0.2, 0.25) is 10.0 Å². The van der Waals surface area contributed by atoms with Gasteiger partial charge in [-0.05, 0) is 25.3 Å². The molecule has 2 rings (SSSR count). The van der Waals surface area contributed by atoms with E-state index in [-0.39, 0.29) is 16.9 Å². The molecule has 0 bridgehead atoms. The predicted octanol–water partition coefficient (Wildman–Crippen LogP) is 0.953. The minimum atomic E-state index is -3.84. The molecule has 0 spiro atoms. The van der Waals surface area contributed by atoms with E-state index in [1.807, 2.05) is 6.92 Å². The molecule has 8 heteroatoms. The molecule has 110 valence electrons. The predicted molar refractivity (Wildman–Crippen MR) is 73.6 cm³/mol. The van der Waals surface area contributed by atoms with Gasteiger partial charge in [-0.1, -0.05) is 12.1 Å². The Morgan fingerprint density at radius 1 is 1.45 bits per heavy atom. The van der Waals surface area contributed by atoms with Gasteiger partial charge in [0.1, 0.15) is 0 Å². The Balaban J connectivity index is 2.35. The van der Waals surface area contributed by atoms with Crippen molar-refractivity contribution in [2.45, 2.75) is 24.3 Å². The maximum atomic E-state index is 12.5. The third-order valence-electron chi connectivity index (χ3n) is 3.61. The minimum absolute atomic E-state index is 0.0903. The van der Waals surface area contributed by atoms with Gasteiger partial charge in [0.15, 0.2) is 4.90 Å². The molecule has 7 nitrogen and oxygen atoms in total. The number of hydrogen-bond donors (Lipinski definition) is 1. The first-order valence-corrected chi connectivity index (χ1v) is 7.77. The number of nitro groups is 1. The Morgan fingerprint density at radius 2 is 2.10 bits per heavy atom. The molecule has 1 aromatic carbocycles. The van der Waals surface area contributed by atoms with Crippen molar-refractivity contribution in [3.8, 4) is 0 Å². The van der Waals surface area contributed by atoms with Crippen LogP contribution in [0.5, 0.6) is 0 Å². The average molecular weight is 299 g/mol. The lowest BCUT2D eigenvalue weighted by atomic mass is 10.0. The van der Waals surface area contributed by atoms with E-state index in [0.29, 0.717) is 19.5 Å². The summed E-state index contributed by atoms with van der Waals surface area (Å²) in [6.07, 6.45) is 0.678. The van der Waals surface area contributed by atoms with Crippen molar-refractivity contribution in [3.63, 3.8) is 0 Å². The Hall–Kier alpha value is -1.51. The van der Waals surface area contributed by atoms with E-state index in [4.69, 9.17) is 5.73 Å². The number of nitrogens with zero attached hydrogens (tertiary/aromatic N) is 2. The lowest BCUT2D eigenvalue weighted by molar-refractivity contribution is -0.387. The Labute approximate surface area is 117 Å². The van der Waals surface area contributed by atoms with Gasteiger partial charge in [-0.15, -0.1) is 0 Å². The van der Waals surface area contributed by atoms with Crippen LogP contribution in [-0.2, 0) is 10.0 Å². The van der Waals surface area contributed by atoms with Gasteiger partial charge in [-0.25, -0.2) is 8.42 Å². The largest absolute Gasteiger partial charge is 0.328 e. The van der Waals surface area contributed by atoms with E-state index in [1.54, 1.807) is 0 Å². The lowest BCUT2D eigenvalue weighted by Gasteiger charge is -2.18. The summed E-state index contributed by atoms with van der Waals surface area (Å²) in [5, 5.41) is 11.0. The van der Waals surface area contributed by atoms with Crippen LogP contribution in [0, 0.1) is 16.0 Å². The summed E-state index contributed by atoms with van der Waals surface area (Å²) in [7, 11) is -3.84. The summed E-state index contributed by atoms with van der Waals surface area (Å²) in [6, 6.07) is 5.31. The van der Waals surface area contributed by atoms with Crippen LogP contribution >= 0.6 is 0 Å². The van der Waals surface area contributed by atoms with E-state index in [1.165, 1.54) is 28.6 Å². The van der Waals surface area contributed by atoms with E-state index in [0.717, 1.165) is 0 Å². The minimum Gasteiger partial charge on any atom is -0.328 e. The second-order valence-electron chi connectivity index (χ2n) is 5.00. The van der Waals surface area contributed by atoms with Crippen molar-refractivity contribution in [3.05, 3.63) is 34.4 Å². The highest BCUT2D eigenvalue weighted by molar-refractivity contribution is 7.89. The monoisotopic (exact) mass is 299 g/mol. The standard InChI is InChI=1S/C12H17N3O4S/c1-9(13)10-6-7-14(8-10)20(18,19)12-5-3-2-4-11(12)15(16)17/h2-5,9-10H,6-8,13H2,1H3. The maximum absolute atomic E-state index is 12.5. The zero-order valence-corrected chi connectivity index (χ0v) is 11.9. The molecule has 2 N–H and O–H groups in total. The third-order valence-corrected chi connectivity index (χ3v) is 5.52. The van der Waals surface area contributed by atoms with Crippen LogP contribution < -0.4 is 5.73 Å². The van der Waals surface area contributed by atoms with Crippen LogP contribution in [0.25, 0.3) is 0 Å². The van der Waals surface area contributed by atoms with Crippen LogP contribution in [-0.4, -0.2) is 36.8 Å². The number of rotatable bonds is 4. The van der Waals surface area contributed by atoms with Gasteiger partial charge < -0.3 is 5.73 Å². The lowest BCUT2D eigenvalue weighted by Crippen LogP contribution is -2.33. The van der Waals surface area contributed by atoms with E-state index in [2.05, 4.69) is 0 Å². The molecule has 0 aliphatic carbocycles. The molecule has 1 aromatic rings. The van der Waals surface area contributed by atoms with Gasteiger partial charge in [-0.3, -0.25) is 10.1 Å². The first-order chi connectivity index (χ1) is 9.34. The smallest absolute Gasteiger partial charge is 0.289 e. The number of benzene rings is 1. The van der Waals surface area contributed by atoms with Gasteiger partial charge in [0, 0.05) is 25.2 Å². The number of hydrogen-bond acceptors (Lipinski definition) is 5. The first kappa shape index (κ1) is 14.9. The van der Waals surface area contributed by atoms with Crippen LogP contribution in [0.2, 0.25) is 0 Å². The molecule has 0 aromatic heterocycles. The van der Waals surface area contributed by atoms with Crippen molar-refractivity contribution in [2.24, 2.45) is 11.7 Å². The van der Waals surface area contributed by atoms with E-state index < -0.39 is 20.6 Å². The maximum Gasteiger partial charge on any atom is 0.289 e. The van der Waals surface area contributed by atoms with Crippen molar-refractivity contribution in [1.29, 1.82) is 0 Å². The zero-order chi connectivity index (χ0) is 14.9. The average Bonchev–Trinajstić information content (AvgIpc) is 2.89. The molecule has 1 heterocycles. The fourth-order valence-electron chi connectivity index (χ4n) is 2.37. The van der Waals surface area contributed by atoms with Crippen LogP contribution in [0.3, 0.4) is 0 Å². The number of sulfonamides is 1. The van der Waals surface area contributed by atoms with Crippen molar-refractivity contribution >= 4 is 15.7 Å². The van der Waals surface area contributed by atoms with E-state index in [9.17, 15) is 18.5 Å². The molecular formula is C12H17N3O4S. The first-order valence-electron chi connectivity index (χ1n) is 6.33. The molecule has 0 saturated carbocycles. The highest BCUT2D eigenvalue weighted by atomic mass is 32.2. The molecule has 2 atom stereocenters. The number of para-hydroxylation sites is 1. The highest BCUT2D eigenvalue weighted by Crippen LogP contribution is 2.30. The van der Waals surface area contributed by atoms with Crippen LogP contribution in [0.4, 0.5) is 5.69 Å². The quantitative estimate of drug-likeness (QED) is 0.658. The summed E-state index contributed by atoms with van der Waals surface area (Å²) in [4.78, 5) is 10.0.